The van der Waals surface area contributed by atoms with Gasteiger partial charge in [-0.25, -0.2) is 0 Å². The molecular formula is C26H22N2O4S2. The Hall–Kier alpha value is -3.49. The lowest BCUT2D eigenvalue weighted by molar-refractivity contribution is -0.384. The van der Waals surface area contributed by atoms with Crippen molar-refractivity contribution in [1.29, 1.82) is 0 Å². The summed E-state index contributed by atoms with van der Waals surface area (Å²) in [5.41, 5.74) is 2.87. The van der Waals surface area contributed by atoms with E-state index in [-0.39, 0.29) is 18.2 Å². The maximum atomic E-state index is 12.8. The van der Waals surface area contributed by atoms with Crippen LogP contribution < -0.4 is 4.74 Å². The number of carbonyl (C=O) groups is 1. The monoisotopic (exact) mass is 490 g/mol. The van der Waals surface area contributed by atoms with Gasteiger partial charge in [0, 0.05) is 18.7 Å². The molecule has 0 bridgehead atoms. The molecule has 172 valence electrons. The number of hydrogen-bond donors (Lipinski definition) is 0. The average molecular weight is 491 g/mol. The Kier molecular flexibility index (Phi) is 7.72. The number of thiocarbonyl (C=S) groups is 1. The highest BCUT2D eigenvalue weighted by atomic mass is 32.2. The second-order valence-electron chi connectivity index (χ2n) is 7.71. The van der Waals surface area contributed by atoms with Gasteiger partial charge in [0.15, 0.2) is 0 Å². The fraction of sp³-hybridized carbons (Fsp3) is 0.154. The van der Waals surface area contributed by atoms with Crippen LogP contribution in [0.2, 0.25) is 0 Å². The first-order valence-electron chi connectivity index (χ1n) is 10.7. The summed E-state index contributed by atoms with van der Waals surface area (Å²) >= 11 is 6.75. The molecule has 34 heavy (non-hydrogen) atoms. The Morgan fingerprint density at radius 1 is 1.00 bits per heavy atom. The predicted molar refractivity (Wildman–Crippen MR) is 139 cm³/mol. The van der Waals surface area contributed by atoms with Crippen LogP contribution in [-0.4, -0.2) is 26.6 Å². The minimum Gasteiger partial charge on any atom is -0.489 e. The number of carbonyl (C=O) groups excluding carboxylic acids is 1. The molecule has 3 aromatic rings. The van der Waals surface area contributed by atoms with E-state index < -0.39 is 4.92 Å². The van der Waals surface area contributed by atoms with Gasteiger partial charge in [-0.2, -0.15) is 0 Å². The first-order valence-corrected chi connectivity index (χ1v) is 12.0. The first kappa shape index (κ1) is 23.7. The van der Waals surface area contributed by atoms with E-state index in [1.54, 1.807) is 17.0 Å². The number of amides is 1. The third-order valence-electron chi connectivity index (χ3n) is 5.27. The SMILES string of the molecule is O=C1/C(=C/c2ccc(OCc3cccc([N+](=O)[O-])c3)cc2)SC(=S)N1CCCc1ccccc1. The van der Waals surface area contributed by atoms with E-state index in [1.165, 1.54) is 29.5 Å². The molecule has 0 radical (unpaired) electrons. The number of nitro benzene ring substituents is 1. The van der Waals surface area contributed by atoms with Crippen molar-refractivity contribution < 1.29 is 14.5 Å². The maximum Gasteiger partial charge on any atom is 0.269 e. The van der Waals surface area contributed by atoms with E-state index in [0.29, 0.717) is 27.1 Å². The molecular weight excluding hydrogens is 468 g/mol. The molecule has 1 aliphatic heterocycles. The lowest BCUT2D eigenvalue weighted by atomic mass is 10.1. The number of non-ortho nitro benzene ring substituents is 1. The Balaban J connectivity index is 1.32. The van der Waals surface area contributed by atoms with E-state index in [9.17, 15) is 14.9 Å². The van der Waals surface area contributed by atoms with Crippen molar-refractivity contribution in [1.82, 2.24) is 4.90 Å². The fourth-order valence-corrected chi connectivity index (χ4v) is 4.83. The Morgan fingerprint density at radius 2 is 1.74 bits per heavy atom. The number of hydrogen-bond acceptors (Lipinski definition) is 6. The Bertz CT molecular complexity index is 1230. The van der Waals surface area contributed by atoms with Crippen LogP contribution in [0.25, 0.3) is 6.08 Å². The summed E-state index contributed by atoms with van der Waals surface area (Å²) in [5.74, 6) is 0.575. The van der Waals surface area contributed by atoms with Gasteiger partial charge >= 0.3 is 0 Å². The number of nitrogens with zero attached hydrogens (tertiary/aromatic N) is 2. The molecule has 0 saturated carbocycles. The molecule has 1 amide bonds. The standard InChI is InChI=1S/C26H22N2O4S2/c29-25-24(34-26(33)27(25)15-5-9-19-6-2-1-3-7-19)17-20-11-13-23(14-12-20)32-18-21-8-4-10-22(16-21)28(30)31/h1-4,6-8,10-14,16-17H,5,9,15,18H2/b24-17-. The van der Waals surface area contributed by atoms with Gasteiger partial charge in [-0.15, -0.1) is 0 Å². The molecule has 6 nitrogen and oxygen atoms in total. The van der Waals surface area contributed by atoms with Gasteiger partial charge in [0.05, 0.1) is 9.83 Å². The molecule has 4 rings (SSSR count). The molecule has 0 spiro atoms. The molecule has 0 unspecified atom stereocenters. The summed E-state index contributed by atoms with van der Waals surface area (Å²) in [5, 5.41) is 10.9. The molecule has 1 fully saturated rings. The van der Waals surface area contributed by atoms with Gasteiger partial charge in [-0.3, -0.25) is 19.8 Å². The average Bonchev–Trinajstić information content (AvgIpc) is 3.11. The topological polar surface area (TPSA) is 72.7 Å². The zero-order valence-electron chi connectivity index (χ0n) is 18.3. The van der Waals surface area contributed by atoms with E-state index in [4.69, 9.17) is 17.0 Å². The maximum absolute atomic E-state index is 12.8. The number of thioether (sulfide) groups is 1. The second-order valence-corrected chi connectivity index (χ2v) is 9.38. The molecule has 3 aromatic carbocycles. The van der Waals surface area contributed by atoms with Crippen LogP contribution in [0, 0.1) is 10.1 Å². The van der Waals surface area contributed by atoms with E-state index in [2.05, 4.69) is 12.1 Å². The Morgan fingerprint density at radius 3 is 2.47 bits per heavy atom. The molecule has 0 aromatic heterocycles. The number of benzene rings is 3. The minimum absolute atomic E-state index is 0.0360. The van der Waals surface area contributed by atoms with Crippen LogP contribution in [0.3, 0.4) is 0 Å². The van der Waals surface area contributed by atoms with E-state index in [0.717, 1.165) is 18.4 Å². The summed E-state index contributed by atoms with van der Waals surface area (Å²) < 4.78 is 6.33. The van der Waals surface area contributed by atoms with Gasteiger partial charge in [0.2, 0.25) is 0 Å². The van der Waals surface area contributed by atoms with Gasteiger partial charge in [0.25, 0.3) is 11.6 Å². The zero-order chi connectivity index (χ0) is 23.9. The summed E-state index contributed by atoms with van der Waals surface area (Å²) in [6, 6.07) is 23.9. The first-order chi connectivity index (χ1) is 16.5. The van der Waals surface area contributed by atoms with Crippen molar-refractivity contribution in [3.8, 4) is 5.75 Å². The van der Waals surface area contributed by atoms with Crippen LogP contribution in [0.1, 0.15) is 23.1 Å². The number of ether oxygens (including phenoxy) is 1. The molecule has 1 aliphatic rings. The number of aryl methyl sites for hydroxylation is 1. The van der Waals surface area contributed by atoms with Crippen molar-refractivity contribution in [2.24, 2.45) is 0 Å². The molecule has 8 heteroatoms. The van der Waals surface area contributed by atoms with Crippen molar-refractivity contribution >= 4 is 46.0 Å². The lowest BCUT2D eigenvalue weighted by Gasteiger charge is -2.14. The van der Waals surface area contributed by atoms with E-state index in [1.807, 2.05) is 48.5 Å². The van der Waals surface area contributed by atoms with Crippen molar-refractivity contribution in [2.45, 2.75) is 19.4 Å². The van der Waals surface area contributed by atoms with Crippen LogP contribution in [0.5, 0.6) is 5.75 Å². The van der Waals surface area contributed by atoms with Gasteiger partial charge < -0.3 is 4.74 Å². The highest BCUT2D eigenvalue weighted by Crippen LogP contribution is 2.33. The number of nitro groups is 1. The Labute approximate surface area is 207 Å². The third kappa shape index (κ3) is 6.09. The van der Waals surface area contributed by atoms with Gasteiger partial charge in [0.1, 0.15) is 16.7 Å². The van der Waals surface area contributed by atoms with Crippen LogP contribution in [0.4, 0.5) is 5.69 Å². The smallest absolute Gasteiger partial charge is 0.269 e. The second kappa shape index (κ2) is 11.1. The largest absolute Gasteiger partial charge is 0.489 e. The quantitative estimate of drug-likeness (QED) is 0.158. The molecule has 0 atom stereocenters. The minimum atomic E-state index is -0.426. The number of rotatable bonds is 9. The van der Waals surface area contributed by atoms with Crippen LogP contribution in [0.15, 0.2) is 83.8 Å². The molecule has 1 saturated heterocycles. The molecule has 1 heterocycles. The van der Waals surface area contributed by atoms with Crippen molar-refractivity contribution in [3.05, 3.63) is 111 Å². The summed E-state index contributed by atoms with van der Waals surface area (Å²) in [4.78, 5) is 25.6. The zero-order valence-corrected chi connectivity index (χ0v) is 19.9. The molecule has 0 N–H and O–H groups in total. The summed E-state index contributed by atoms with van der Waals surface area (Å²) in [6.45, 7) is 0.823. The molecule has 0 aliphatic carbocycles. The summed E-state index contributed by atoms with van der Waals surface area (Å²) in [7, 11) is 0. The third-order valence-corrected chi connectivity index (χ3v) is 6.65. The van der Waals surface area contributed by atoms with Crippen molar-refractivity contribution in [2.75, 3.05) is 6.54 Å². The van der Waals surface area contributed by atoms with Crippen LogP contribution >= 0.6 is 24.0 Å². The van der Waals surface area contributed by atoms with Gasteiger partial charge in [-0.05, 0) is 47.7 Å². The normalized spacial score (nSPS) is 14.6. The lowest BCUT2D eigenvalue weighted by Crippen LogP contribution is -2.29. The predicted octanol–water partition coefficient (Wildman–Crippen LogP) is 6.01. The highest BCUT2D eigenvalue weighted by Gasteiger charge is 2.31. The van der Waals surface area contributed by atoms with Gasteiger partial charge in [-0.1, -0.05) is 78.6 Å². The fourth-order valence-electron chi connectivity index (χ4n) is 3.52. The van der Waals surface area contributed by atoms with Crippen LogP contribution in [-0.2, 0) is 17.8 Å². The van der Waals surface area contributed by atoms with E-state index >= 15 is 0 Å². The highest BCUT2D eigenvalue weighted by molar-refractivity contribution is 8.26. The summed E-state index contributed by atoms with van der Waals surface area (Å²) in [6.07, 6.45) is 3.58. The van der Waals surface area contributed by atoms with Crippen molar-refractivity contribution in [3.63, 3.8) is 0 Å².